The fourth-order valence-corrected chi connectivity index (χ4v) is 7.38. The molecule has 0 bridgehead atoms. The summed E-state index contributed by atoms with van der Waals surface area (Å²) in [5.74, 6) is 7.10. The number of hydrogen-bond donors (Lipinski definition) is 0. The van der Waals surface area contributed by atoms with Gasteiger partial charge in [0.25, 0.3) is 0 Å². The topological polar surface area (TPSA) is 0 Å². The van der Waals surface area contributed by atoms with Gasteiger partial charge in [0.2, 0.25) is 0 Å². The highest BCUT2D eigenvalue weighted by molar-refractivity contribution is 8.03. The fraction of sp³-hybridized carbons (Fsp3) is 0.355. The van der Waals surface area contributed by atoms with Crippen molar-refractivity contribution in [2.24, 2.45) is 0 Å². The zero-order valence-electron chi connectivity index (χ0n) is 21.0. The van der Waals surface area contributed by atoms with Crippen LogP contribution in [0, 0.1) is 0 Å². The van der Waals surface area contributed by atoms with E-state index in [1.807, 2.05) is 59.2 Å². The van der Waals surface area contributed by atoms with Crippen molar-refractivity contribution >= 4 is 47.0 Å². The predicted octanol–water partition coefficient (Wildman–Crippen LogP) is 9.97. The third kappa shape index (κ3) is 14.2. The van der Waals surface area contributed by atoms with Crippen LogP contribution in [0.15, 0.2) is 108 Å². The highest BCUT2D eigenvalue weighted by Crippen LogP contribution is 2.25. The zero-order chi connectivity index (χ0) is 25.1. The van der Waals surface area contributed by atoms with E-state index in [9.17, 15) is 0 Å². The van der Waals surface area contributed by atoms with Gasteiger partial charge in [0.1, 0.15) is 0 Å². The molecule has 0 aliphatic rings. The van der Waals surface area contributed by atoms with E-state index in [2.05, 4.69) is 74.8 Å². The molecule has 0 radical (unpaired) electrons. The minimum Gasteiger partial charge on any atom is -0.161 e. The van der Waals surface area contributed by atoms with E-state index in [4.69, 9.17) is 0 Å². The van der Waals surface area contributed by atoms with Crippen LogP contribution in [0.25, 0.3) is 0 Å². The second kappa shape index (κ2) is 19.0. The summed E-state index contributed by atoms with van der Waals surface area (Å²) in [5, 5.41) is 0. The molecule has 0 N–H and O–H groups in total. The summed E-state index contributed by atoms with van der Waals surface area (Å²) in [6.45, 7) is 15.5. The lowest BCUT2D eigenvalue weighted by atomic mass is 10.1. The second-order valence-electron chi connectivity index (χ2n) is 8.33. The molecule has 4 heteroatoms. The third-order valence-corrected chi connectivity index (χ3v) is 10.00. The van der Waals surface area contributed by atoms with Gasteiger partial charge in [0, 0.05) is 32.8 Å². The van der Waals surface area contributed by atoms with E-state index < -0.39 is 0 Å². The molecule has 0 nitrogen and oxygen atoms in total. The van der Waals surface area contributed by atoms with Crippen LogP contribution in [0.2, 0.25) is 0 Å². The molecule has 2 aromatic carbocycles. The van der Waals surface area contributed by atoms with Crippen LogP contribution >= 0.6 is 47.0 Å². The lowest BCUT2D eigenvalue weighted by Crippen LogP contribution is -1.92. The number of benzene rings is 2. The summed E-state index contributed by atoms with van der Waals surface area (Å²) < 4.78 is 0. The Morgan fingerprint density at radius 3 is 1.51 bits per heavy atom. The quantitative estimate of drug-likeness (QED) is 0.0930. The molecule has 0 fully saturated rings. The minimum atomic E-state index is 0.993. The summed E-state index contributed by atoms with van der Waals surface area (Å²) in [6, 6.07) is 18.1. The first-order valence-corrected chi connectivity index (χ1v) is 16.6. The van der Waals surface area contributed by atoms with Crippen LogP contribution in [0.3, 0.4) is 0 Å². The maximum atomic E-state index is 3.98. The first-order valence-electron chi connectivity index (χ1n) is 12.3. The largest absolute Gasteiger partial charge is 0.161 e. The zero-order valence-corrected chi connectivity index (χ0v) is 24.3. The van der Waals surface area contributed by atoms with Gasteiger partial charge in [-0.3, -0.25) is 0 Å². The van der Waals surface area contributed by atoms with Crippen LogP contribution in [0.5, 0.6) is 0 Å². The van der Waals surface area contributed by atoms with E-state index in [1.165, 1.54) is 56.8 Å². The van der Waals surface area contributed by atoms with Gasteiger partial charge in [-0.1, -0.05) is 73.9 Å². The Hall–Kier alpha value is -1.20. The number of hydrogen-bond acceptors (Lipinski definition) is 4. The summed E-state index contributed by atoms with van der Waals surface area (Å²) in [5.41, 5.74) is 5.09. The first kappa shape index (κ1) is 30.0. The Balaban J connectivity index is 1.67. The SMILES string of the molecule is C=CC(=C)CCCSCCSc1cccc(Cc2cccc(SCCSCCCC(=C)C=C)c2)c1. The summed E-state index contributed by atoms with van der Waals surface area (Å²) in [6.07, 6.45) is 9.25. The smallest absolute Gasteiger partial charge is 0.00750 e. The highest BCUT2D eigenvalue weighted by Gasteiger charge is 2.02. The Bertz CT molecular complexity index is 856. The summed E-state index contributed by atoms with van der Waals surface area (Å²) >= 11 is 8.02. The Morgan fingerprint density at radius 1 is 0.629 bits per heavy atom. The van der Waals surface area contributed by atoms with Crippen molar-refractivity contribution in [3.63, 3.8) is 0 Å². The molecule has 188 valence electrons. The maximum absolute atomic E-state index is 3.98. The third-order valence-electron chi connectivity index (χ3n) is 5.35. The van der Waals surface area contributed by atoms with Crippen LogP contribution in [-0.4, -0.2) is 34.5 Å². The van der Waals surface area contributed by atoms with Gasteiger partial charge in [-0.05, 0) is 79.0 Å². The molecule has 0 atom stereocenters. The molecule has 0 aromatic heterocycles. The molecule has 0 saturated heterocycles. The Morgan fingerprint density at radius 2 is 1.09 bits per heavy atom. The average molecular weight is 541 g/mol. The van der Waals surface area contributed by atoms with Crippen molar-refractivity contribution < 1.29 is 0 Å². The van der Waals surface area contributed by atoms with E-state index in [0.29, 0.717) is 0 Å². The Labute approximate surface area is 231 Å². The van der Waals surface area contributed by atoms with Gasteiger partial charge in [0.15, 0.2) is 0 Å². The van der Waals surface area contributed by atoms with Crippen molar-refractivity contribution in [2.75, 3.05) is 34.5 Å². The van der Waals surface area contributed by atoms with Crippen molar-refractivity contribution in [2.45, 2.75) is 41.9 Å². The standard InChI is InChI=1S/C31H40S4/c1-5-26(3)11-9-17-32-19-21-34-30-15-7-13-28(24-30)23-29-14-8-16-31(25-29)35-22-20-33-18-10-12-27(4)6-2/h5-8,13-16,24-25H,1-4,9-12,17-23H2. The number of rotatable bonds is 20. The van der Waals surface area contributed by atoms with E-state index in [0.717, 1.165) is 41.9 Å². The fourth-order valence-electron chi connectivity index (χ4n) is 3.37. The molecule has 0 amide bonds. The lowest BCUT2D eigenvalue weighted by molar-refractivity contribution is 0.942. The summed E-state index contributed by atoms with van der Waals surface area (Å²) in [4.78, 5) is 2.75. The van der Waals surface area contributed by atoms with Crippen molar-refractivity contribution in [3.05, 3.63) is 109 Å². The van der Waals surface area contributed by atoms with Crippen molar-refractivity contribution in [1.82, 2.24) is 0 Å². The number of thioether (sulfide) groups is 4. The number of allylic oxidation sites excluding steroid dienone is 4. The normalized spacial score (nSPS) is 10.7. The van der Waals surface area contributed by atoms with Crippen LogP contribution < -0.4 is 0 Å². The molecular formula is C31H40S4. The van der Waals surface area contributed by atoms with Gasteiger partial charge in [-0.2, -0.15) is 23.5 Å². The first-order chi connectivity index (χ1) is 17.1. The van der Waals surface area contributed by atoms with Crippen molar-refractivity contribution in [3.8, 4) is 0 Å². The van der Waals surface area contributed by atoms with Crippen LogP contribution in [0.4, 0.5) is 0 Å². The molecule has 2 aromatic rings. The molecular weight excluding hydrogens is 501 g/mol. The monoisotopic (exact) mass is 540 g/mol. The molecule has 35 heavy (non-hydrogen) atoms. The lowest BCUT2D eigenvalue weighted by Gasteiger charge is -2.08. The molecule has 0 unspecified atom stereocenters. The van der Waals surface area contributed by atoms with E-state index in [1.54, 1.807) is 0 Å². The summed E-state index contributed by atoms with van der Waals surface area (Å²) in [7, 11) is 0. The average Bonchev–Trinajstić information content (AvgIpc) is 2.87. The Kier molecular flexibility index (Phi) is 16.3. The van der Waals surface area contributed by atoms with Gasteiger partial charge < -0.3 is 0 Å². The second-order valence-corrected chi connectivity index (χ2v) is 13.1. The molecule has 0 spiro atoms. The molecule has 0 heterocycles. The predicted molar refractivity (Wildman–Crippen MR) is 169 cm³/mol. The van der Waals surface area contributed by atoms with Gasteiger partial charge in [0.05, 0.1) is 0 Å². The highest BCUT2D eigenvalue weighted by atomic mass is 32.2. The van der Waals surface area contributed by atoms with Gasteiger partial charge in [-0.25, -0.2) is 0 Å². The molecule has 0 saturated carbocycles. The van der Waals surface area contributed by atoms with Crippen molar-refractivity contribution in [1.29, 1.82) is 0 Å². The molecule has 0 aliphatic carbocycles. The van der Waals surface area contributed by atoms with Crippen LogP contribution in [0.1, 0.15) is 36.8 Å². The molecule has 0 aliphatic heterocycles. The van der Waals surface area contributed by atoms with Gasteiger partial charge in [-0.15, -0.1) is 23.5 Å². The minimum absolute atomic E-state index is 0.993. The maximum Gasteiger partial charge on any atom is 0.00750 e. The van der Waals surface area contributed by atoms with E-state index >= 15 is 0 Å². The van der Waals surface area contributed by atoms with E-state index in [-0.39, 0.29) is 0 Å². The molecule has 2 rings (SSSR count). The van der Waals surface area contributed by atoms with Crippen LogP contribution in [-0.2, 0) is 6.42 Å². The van der Waals surface area contributed by atoms with Gasteiger partial charge >= 0.3 is 0 Å².